The number of benzene rings is 1. The molecule has 2 aromatic rings. The van der Waals surface area contributed by atoms with Gasteiger partial charge in [0.1, 0.15) is 10.2 Å². The molecule has 0 aliphatic heterocycles. The molecule has 1 aromatic carbocycles. The summed E-state index contributed by atoms with van der Waals surface area (Å²) >= 11 is 8.04. The van der Waals surface area contributed by atoms with Gasteiger partial charge in [-0.05, 0) is 18.8 Å². The maximum Gasteiger partial charge on any atom is 0.162 e. The van der Waals surface area contributed by atoms with Crippen LogP contribution in [-0.4, -0.2) is 15.2 Å². The summed E-state index contributed by atoms with van der Waals surface area (Å²) in [6.07, 6.45) is 5.23. The molecule has 1 fully saturated rings. The van der Waals surface area contributed by atoms with E-state index in [1.54, 1.807) is 0 Å². The SMILES string of the molecule is CC1CCCC(Sc2cc(Cl)nc(-c3ccccc3)n2)C1. The Labute approximate surface area is 135 Å². The highest BCUT2D eigenvalue weighted by Gasteiger charge is 2.20. The fourth-order valence-electron chi connectivity index (χ4n) is 2.83. The van der Waals surface area contributed by atoms with Crippen molar-refractivity contribution in [3.05, 3.63) is 41.6 Å². The van der Waals surface area contributed by atoms with Gasteiger partial charge < -0.3 is 0 Å². The molecule has 0 amide bonds. The number of halogens is 1. The number of nitrogens with zero attached hydrogens (tertiary/aromatic N) is 2. The molecule has 1 heterocycles. The zero-order valence-corrected chi connectivity index (χ0v) is 13.7. The van der Waals surface area contributed by atoms with E-state index in [2.05, 4.69) is 11.9 Å². The van der Waals surface area contributed by atoms with Gasteiger partial charge in [0.05, 0.1) is 0 Å². The first-order valence-corrected chi connectivity index (χ1v) is 8.73. The van der Waals surface area contributed by atoms with Crippen LogP contribution in [0.3, 0.4) is 0 Å². The van der Waals surface area contributed by atoms with Gasteiger partial charge in [0.15, 0.2) is 5.82 Å². The van der Waals surface area contributed by atoms with Crippen LogP contribution >= 0.6 is 23.4 Å². The molecule has 1 saturated carbocycles. The lowest BCUT2D eigenvalue weighted by Crippen LogP contribution is -2.15. The van der Waals surface area contributed by atoms with Crippen molar-refractivity contribution in [3.63, 3.8) is 0 Å². The Kier molecular flexibility index (Phi) is 4.81. The minimum Gasteiger partial charge on any atom is -0.222 e. The summed E-state index contributed by atoms with van der Waals surface area (Å²) < 4.78 is 0. The smallest absolute Gasteiger partial charge is 0.162 e. The number of hydrogen-bond donors (Lipinski definition) is 0. The Morgan fingerprint density at radius 2 is 1.95 bits per heavy atom. The summed E-state index contributed by atoms with van der Waals surface area (Å²) in [5, 5.41) is 2.17. The number of hydrogen-bond acceptors (Lipinski definition) is 3. The molecule has 21 heavy (non-hydrogen) atoms. The van der Waals surface area contributed by atoms with Crippen molar-refractivity contribution in [2.24, 2.45) is 5.92 Å². The summed E-state index contributed by atoms with van der Waals surface area (Å²) in [7, 11) is 0. The molecule has 4 heteroatoms. The summed E-state index contributed by atoms with van der Waals surface area (Å²) in [5.41, 5.74) is 1.01. The minimum absolute atomic E-state index is 0.523. The molecule has 1 aliphatic rings. The zero-order valence-electron chi connectivity index (χ0n) is 12.1. The molecule has 2 nitrogen and oxygen atoms in total. The Morgan fingerprint density at radius 1 is 1.14 bits per heavy atom. The predicted molar refractivity (Wildman–Crippen MR) is 89.8 cm³/mol. The molecule has 110 valence electrons. The van der Waals surface area contributed by atoms with Gasteiger partial charge in [-0.1, -0.05) is 61.7 Å². The fraction of sp³-hybridized carbons (Fsp3) is 0.412. The van der Waals surface area contributed by atoms with Gasteiger partial charge in [-0.2, -0.15) is 0 Å². The number of aromatic nitrogens is 2. The molecule has 0 spiro atoms. The second-order valence-corrected chi connectivity index (χ2v) is 7.44. The lowest BCUT2D eigenvalue weighted by atomic mass is 9.91. The maximum absolute atomic E-state index is 6.18. The van der Waals surface area contributed by atoms with Gasteiger partial charge in [0.2, 0.25) is 0 Å². The maximum atomic E-state index is 6.18. The van der Waals surface area contributed by atoms with E-state index in [1.807, 2.05) is 48.2 Å². The zero-order chi connectivity index (χ0) is 14.7. The van der Waals surface area contributed by atoms with Crippen LogP contribution in [-0.2, 0) is 0 Å². The summed E-state index contributed by atoms with van der Waals surface area (Å²) in [6.45, 7) is 2.34. The largest absolute Gasteiger partial charge is 0.222 e. The highest BCUT2D eigenvalue weighted by molar-refractivity contribution is 7.99. The summed E-state index contributed by atoms with van der Waals surface area (Å²) in [4.78, 5) is 9.04. The first-order valence-electron chi connectivity index (χ1n) is 7.47. The van der Waals surface area contributed by atoms with Gasteiger partial charge in [0, 0.05) is 16.9 Å². The van der Waals surface area contributed by atoms with E-state index >= 15 is 0 Å². The van der Waals surface area contributed by atoms with E-state index in [9.17, 15) is 0 Å². The third-order valence-corrected chi connectivity index (χ3v) is 5.28. The molecule has 1 aliphatic carbocycles. The van der Waals surface area contributed by atoms with Crippen molar-refractivity contribution < 1.29 is 0 Å². The first kappa shape index (κ1) is 14.9. The third kappa shape index (κ3) is 3.98. The average Bonchev–Trinajstić information content (AvgIpc) is 2.47. The molecule has 0 bridgehead atoms. The van der Waals surface area contributed by atoms with Crippen LogP contribution in [0.1, 0.15) is 32.6 Å². The van der Waals surface area contributed by atoms with Crippen LogP contribution in [0, 0.1) is 5.92 Å². The summed E-state index contributed by atoms with van der Waals surface area (Å²) in [6, 6.07) is 11.9. The lowest BCUT2D eigenvalue weighted by molar-refractivity contribution is 0.394. The molecule has 2 atom stereocenters. The van der Waals surface area contributed by atoms with Crippen molar-refractivity contribution in [1.82, 2.24) is 9.97 Å². The quantitative estimate of drug-likeness (QED) is 0.702. The second-order valence-electron chi connectivity index (χ2n) is 5.73. The van der Waals surface area contributed by atoms with E-state index in [4.69, 9.17) is 16.6 Å². The van der Waals surface area contributed by atoms with Gasteiger partial charge >= 0.3 is 0 Å². The second kappa shape index (κ2) is 6.80. The fourth-order valence-corrected chi connectivity index (χ4v) is 4.45. The van der Waals surface area contributed by atoms with Crippen LogP contribution in [0.2, 0.25) is 5.15 Å². The molecule has 3 rings (SSSR count). The molecule has 1 aromatic heterocycles. The van der Waals surface area contributed by atoms with Crippen LogP contribution in [0.5, 0.6) is 0 Å². The Balaban J connectivity index is 1.81. The van der Waals surface area contributed by atoms with Crippen molar-refractivity contribution in [2.75, 3.05) is 0 Å². The van der Waals surface area contributed by atoms with Crippen molar-refractivity contribution in [2.45, 2.75) is 42.9 Å². The van der Waals surface area contributed by atoms with Crippen LogP contribution in [0.25, 0.3) is 11.4 Å². The van der Waals surface area contributed by atoms with Crippen molar-refractivity contribution in [1.29, 1.82) is 0 Å². The number of rotatable bonds is 3. The van der Waals surface area contributed by atoms with E-state index in [-0.39, 0.29) is 0 Å². The normalized spacial score (nSPS) is 22.2. The van der Waals surface area contributed by atoms with E-state index in [0.29, 0.717) is 10.4 Å². The monoisotopic (exact) mass is 318 g/mol. The Morgan fingerprint density at radius 3 is 2.71 bits per heavy atom. The van der Waals surface area contributed by atoms with E-state index in [0.717, 1.165) is 22.3 Å². The predicted octanol–water partition coefficient (Wildman–Crippen LogP) is 5.47. The highest BCUT2D eigenvalue weighted by atomic mass is 35.5. The van der Waals surface area contributed by atoms with Gasteiger partial charge in [-0.3, -0.25) is 0 Å². The van der Waals surface area contributed by atoms with E-state index in [1.165, 1.54) is 25.7 Å². The van der Waals surface area contributed by atoms with Crippen LogP contribution in [0.15, 0.2) is 41.4 Å². The molecular formula is C17H19ClN2S. The average molecular weight is 319 g/mol. The molecule has 0 N–H and O–H groups in total. The highest BCUT2D eigenvalue weighted by Crippen LogP contribution is 2.36. The minimum atomic E-state index is 0.523. The summed E-state index contributed by atoms with van der Waals surface area (Å²) in [5.74, 6) is 1.54. The van der Waals surface area contributed by atoms with Crippen LogP contribution < -0.4 is 0 Å². The van der Waals surface area contributed by atoms with Gasteiger partial charge in [-0.15, -0.1) is 11.8 Å². The molecule has 2 unspecified atom stereocenters. The number of thioether (sulfide) groups is 1. The van der Waals surface area contributed by atoms with Crippen molar-refractivity contribution in [3.8, 4) is 11.4 Å². The molecule has 0 saturated heterocycles. The van der Waals surface area contributed by atoms with Crippen molar-refractivity contribution >= 4 is 23.4 Å². The van der Waals surface area contributed by atoms with Crippen LogP contribution in [0.4, 0.5) is 0 Å². The molecular weight excluding hydrogens is 300 g/mol. The Bertz CT molecular complexity index is 603. The molecule has 0 radical (unpaired) electrons. The van der Waals surface area contributed by atoms with Gasteiger partial charge in [-0.25, -0.2) is 9.97 Å². The third-order valence-electron chi connectivity index (χ3n) is 3.88. The first-order chi connectivity index (χ1) is 10.2. The lowest BCUT2D eigenvalue weighted by Gasteiger charge is -2.25. The Hall–Kier alpha value is -1.06. The topological polar surface area (TPSA) is 25.8 Å². The van der Waals surface area contributed by atoms with Gasteiger partial charge in [0.25, 0.3) is 0 Å². The van der Waals surface area contributed by atoms with E-state index < -0.39 is 0 Å². The standard InChI is InChI=1S/C17H19ClN2S/c1-12-6-5-9-14(10-12)21-16-11-15(18)19-17(20-16)13-7-3-2-4-8-13/h2-4,7-8,11-12,14H,5-6,9-10H2,1H3.